The highest BCUT2D eigenvalue weighted by molar-refractivity contribution is 6.24. The summed E-state index contributed by atoms with van der Waals surface area (Å²) in [6, 6.07) is -1.35. The van der Waals surface area contributed by atoms with Gasteiger partial charge in [0.15, 0.2) is 11.4 Å². The van der Waals surface area contributed by atoms with Crippen LogP contribution in [0.3, 0.4) is 0 Å². The van der Waals surface area contributed by atoms with Crippen molar-refractivity contribution in [1.82, 2.24) is 9.80 Å². The van der Waals surface area contributed by atoms with Gasteiger partial charge in [-0.05, 0) is 64.7 Å². The molecule has 6 atom stereocenters. The van der Waals surface area contributed by atoms with Crippen LogP contribution < -0.4 is 5.73 Å². The Hall–Kier alpha value is -3.28. The van der Waals surface area contributed by atoms with Gasteiger partial charge in [-0.2, -0.15) is 0 Å². The van der Waals surface area contributed by atoms with Crippen molar-refractivity contribution in [2.75, 3.05) is 27.2 Å². The second-order valence-electron chi connectivity index (χ2n) is 11.7. The summed E-state index contributed by atoms with van der Waals surface area (Å²) in [6.45, 7) is 2.87. The van der Waals surface area contributed by atoms with Crippen molar-refractivity contribution in [2.24, 2.45) is 23.5 Å². The van der Waals surface area contributed by atoms with E-state index in [1.165, 1.54) is 0 Å². The summed E-state index contributed by atoms with van der Waals surface area (Å²) in [5.41, 5.74) is 2.29. The lowest BCUT2D eigenvalue weighted by molar-refractivity contribution is -0.154. The van der Waals surface area contributed by atoms with Crippen LogP contribution in [0.5, 0.6) is 5.75 Å². The monoisotopic (exact) mass is 541 g/mol. The van der Waals surface area contributed by atoms with E-state index in [0.29, 0.717) is 24.1 Å². The predicted molar refractivity (Wildman–Crippen MR) is 136 cm³/mol. The van der Waals surface area contributed by atoms with Crippen molar-refractivity contribution in [3.63, 3.8) is 0 Å². The normalized spacial score (nSPS) is 33.7. The van der Waals surface area contributed by atoms with Gasteiger partial charge in [-0.1, -0.05) is 6.92 Å². The van der Waals surface area contributed by atoms with E-state index in [1.807, 2.05) is 7.05 Å². The molecule has 1 amide bonds. The number of ketones is 2. The van der Waals surface area contributed by atoms with Crippen molar-refractivity contribution in [3.8, 4) is 5.75 Å². The number of phenols is 1. The van der Waals surface area contributed by atoms with Gasteiger partial charge >= 0.3 is 0 Å². The molecule has 1 heterocycles. The van der Waals surface area contributed by atoms with Crippen LogP contribution in [0.25, 0.3) is 5.76 Å². The van der Waals surface area contributed by atoms with Crippen LogP contribution in [0.4, 0.5) is 4.39 Å². The maximum Gasteiger partial charge on any atom is 0.255 e. The van der Waals surface area contributed by atoms with Gasteiger partial charge in [0.2, 0.25) is 5.78 Å². The minimum Gasteiger partial charge on any atom is -0.508 e. The first-order valence-electron chi connectivity index (χ1n) is 13.3. The lowest BCUT2D eigenvalue weighted by atomic mass is 9.57. The van der Waals surface area contributed by atoms with Gasteiger partial charge in [-0.3, -0.25) is 24.2 Å². The van der Waals surface area contributed by atoms with Crippen LogP contribution in [-0.2, 0) is 27.2 Å². The Bertz CT molecular complexity index is 1430. The van der Waals surface area contributed by atoms with Crippen molar-refractivity contribution in [3.05, 3.63) is 45.0 Å². The molecule has 6 N–H and O–H groups in total. The van der Waals surface area contributed by atoms with E-state index in [4.69, 9.17) is 5.73 Å². The van der Waals surface area contributed by atoms with Gasteiger partial charge in [0.25, 0.3) is 5.91 Å². The molecule has 1 aromatic rings. The maximum atomic E-state index is 16.2. The lowest BCUT2D eigenvalue weighted by Crippen LogP contribution is -2.66. The highest BCUT2D eigenvalue weighted by atomic mass is 19.1. The number of halogens is 1. The zero-order valence-electron chi connectivity index (χ0n) is 22.0. The SMILES string of the molecule is CCN(C)[C@@H]1C(=O)C(C(N)=O)=C(O)[C@@]2(O)C(=O)C3=C(O)c4c(O)c5c(c(F)c4C[C@H]3C[C@@H]12)[C@@H]1[C@@H](CCN1C)C5. The number of hydrogen-bond donors (Lipinski definition) is 5. The number of carbonyl (C=O) groups is 3. The Morgan fingerprint density at radius 2 is 1.90 bits per heavy atom. The molecule has 5 aliphatic rings. The number of aliphatic hydroxyl groups excluding tert-OH is 2. The Balaban J connectivity index is 1.56. The van der Waals surface area contributed by atoms with E-state index in [1.54, 1.807) is 18.9 Å². The number of nitrogens with two attached hydrogens (primary N) is 1. The molecule has 1 aliphatic heterocycles. The van der Waals surface area contributed by atoms with Crippen molar-refractivity contribution < 1.29 is 39.2 Å². The minimum absolute atomic E-state index is 0.0509. The summed E-state index contributed by atoms with van der Waals surface area (Å²) < 4.78 is 16.2. The first kappa shape index (κ1) is 26.0. The van der Waals surface area contributed by atoms with Crippen LogP contribution in [0, 0.1) is 23.6 Å². The van der Waals surface area contributed by atoms with Gasteiger partial charge < -0.3 is 26.2 Å². The van der Waals surface area contributed by atoms with Gasteiger partial charge in [0, 0.05) is 34.2 Å². The molecule has 0 aromatic heterocycles. The third-order valence-electron chi connectivity index (χ3n) is 9.92. The largest absolute Gasteiger partial charge is 0.508 e. The quantitative estimate of drug-likeness (QED) is 0.352. The second kappa shape index (κ2) is 8.36. The molecular weight excluding hydrogens is 509 g/mol. The van der Waals surface area contributed by atoms with Crippen LogP contribution in [0.15, 0.2) is 16.9 Å². The van der Waals surface area contributed by atoms with Crippen LogP contribution in [0.2, 0.25) is 0 Å². The zero-order valence-corrected chi connectivity index (χ0v) is 22.0. The van der Waals surface area contributed by atoms with E-state index < -0.39 is 63.9 Å². The molecule has 4 aliphatic carbocycles. The summed E-state index contributed by atoms with van der Waals surface area (Å²) in [6.07, 6.45) is 1.16. The highest BCUT2D eigenvalue weighted by Gasteiger charge is 2.64. The summed E-state index contributed by atoms with van der Waals surface area (Å²) >= 11 is 0. The molecule has 0 spiro atoms. The number of aliphatic hydroxyl groups is 3. The maximum absolute atomic E-state index is 16.2. The molecule has 39 heavy (non-hydrogen) atoms. The molecule has 0 bridgehead atoms. The van der Waals surface area contributed by atoms with E-state index in [9.17, 15) is 34.8 Å². The van der Waals surface area contributed by atoms with E-state index in [2.05, 4.69) is 4.90 Å². The number of aromatic hydroxyl groups is 1. The fourth-order valence-electron chi connectivity index (χ4n) is 7.99. The molecule has 6 rings (SSSR count). The number of phenolic OH excluding ortho intramolecular Hbond substituents is 1. The molecule has 11 heteroatoms. The number of primary amides is 1. The molecule has 0 unspecified atom stereocenters. The Labute approximate surface area is 224 Å². The van der Waals surface area contributed by atoms with Crippen molar-refractivity contribution >= 4 is 23.2 Å². The number of Topliss-reactive ketones (excluding diaryl/α,β-unsaturated/α-hetero) is 2. The highest BCUT2D eigenvalue weighted by Crippen LogP contribution is 2.57. The first-order valence-corrected chi connectivity index (χ1v) is 13.3. The summed E-state index contributed by atoms with van der Waals surface area (Å²) in [7, 11) is 3.50. The van der Waals surface area contributed by atoms with Gasteiger partial charge in [-0.15, -0.1) is 0 Å². The number of rotatable bonds is 3. The standard InChI is InChI=1S/C28H32FN3O7/c1-4-31(2)21-14-9-11-8-12-17(22(33)13-7-10-5-6-32(3)20(10)16(13)19(12)29)23(34)15(11)25(36)28(14,39)26(37)18(24(21)35)27(30)38/h10-11,14,20-21,33-34,37,39H,4-9H2,1-3H3,(H2,30,38)/t10-,11-,14-,20-,21-,28-/m0/s1. The molecule has 1 saturated heterocycles. The summed E-state index contributed by atoms with van der Waals surface area (Å²) in [4.78, 5) is 43.1. The number of benzene rings is 1. The van der Waals surface area contributed by atoms with E-state index in [-0.39, 0.29) is 47.3 Å². The molecule has 2 fully saturated rings. The number of hydrogen-bond acceptors (Lipinski definition) is 9. The predicted octanol–water partition coefficient (Wildman–Crippen LogP) is 1.04. The molecule has 1 saturated carbocycles. The molecule has 10 nitrogen and oxygen atoms in total. The van der Waals surface area contributed by atoms with Crippen LogP contribution in [0.1, 0.15) is 48.1 Å². The summed E-state index contributed by atoms with van der Waals surface area (Å²) in [5.74, 6) is -7.65. The number of likely N-dealkylation sites (N-methyl/N-ethyl adjacent to an activating group) is 1. The average molecular weight is 542 g/mol. The molecule has 1 aromatic carbocycles. The molecule has 0 radical (unpaired) electrons. The van der Waals surface area contributed by atoms with Crippen molar-refractivity contribution in [1.29, 1.82) is 0 Å². The van der Waals surface area contributed by atoms with Crippen molar-refractivity contribution in [2.45, 2.75) is 50.3 Å². The number of carbonyl (C=O) groups excluding carboxylic acids is 3. The summed E-state index contributed by atoms with van der Waals surface area (Å²) in [5, 5.41) is 45.4. The molecule has 208 valence electrons. The fraction of sp³-hybridized carbons (Fsp3) is 0.536. The van der Waals surface area contributed by atoms with Gasteiger partial charge in [0.05, 0.1) is 11.6 Å². The van der Waals surface area contributed by atoms with E-state index in [0.717, 1.165) is 13.0 Å². The van der Waals surface area contributed by atoms with Crippen LogP contribution >= 0.6 is 0 Å². The third-order valence-corrected chi connectivity index (χ3v) is 9.92. The topological polar surface area (TPSA) is 165 Å². The number of nitrogens with zero attached hydrogens (tertiary/aromatic N) is 2. The number of amides is 1. The lowest BCUT2D eigenvalue weighted by Gasteiger charge is -2.50. The average Bonchev–Trinajstić information content (AvgIpc) is 3.44. The molecular formula is C28H32FN3O7. The smallest absolute Gasteiger partial charge is 0.255 e. The minimum atomic E-state index is -2.71. The van der Waals surface area contributed by atoms with E-state index >= 15 is 4.39 Å². The number of fused-ring (bicyclic) bond motifs is 6. The number of likely N-dealkylation sites (tertiary alicyclic amines) is 1. The van der Waals surface area contributed by atoms with Gasteiger partial charge in [0.1, 0.15) is 28.7 Å². The fourth-order valence-corrected chi connectivity index (χ4v) is 7.99. The second-order valence-corrected chi connectivity index (χ2v) is 11.7. The van der Waals surface area contributed by atoms with Gasteiger partial charge in [-0.25, -0.2) is 4.39 Å². The zero-order chi connectivity index (χ0) is 28.3. The Morgan fingerprint density at radius 3 is 2.54 bits per heavy atom. The van der Waals surface area contributed by atoms with Crippen LogP contribution in [-0.4, -0.2) is 86.5 Å². The first-order chi connectivity index (χ1) is 18.4. The Morgan fingerprint density at radius 1 is 1.21 bits per heavy atom. The Kier molecular flexibility index (Phi) is 5.57. The third kappa shape index (κ3) is 3.09.